The highest BCUT2D eigenvalue weighted by Gasteiger charge is 2.04. The van der Waals surface area contributed by atoms with E-state index in [0.29, 0.717) is 19.1 Å². The van der Waals surface area contributed by atoms with Gasteiger partial charge < -0.3 is 15.2 Å². The Kier molecular flexibility index (Phi) is 8.40. The van der Waals surface area contributed by atoms with Gasteiger partial charge in [-0.2, -0.15) is 0 Å². The molecule has 0 aromatic heterocycles. The summed E-state index contributed by atoms with van der Waals surface area (Å²) in [5, 5.41) is 0. The summed E-state index contributed by atoms with van der Waals surface area (Å²) in [7, 11) is 1.65. The third-order valence-electron chi connectivity index (χ3n) is 1.90. The largest absolute Gasteiger partial charge is 0.383 e. The summed E-state index contributed by atoms with van der Waals surface area (Å²) in [6, 6.07) is 0.0128. The molecular formula is C10H23NO2. The van der Waals surface area contributed by atoms with E-state index in [1.54, 1.807) is 7.11 Å². The van der Waals surface area contributed by atoms with E-state index in [1.165, 1.54) is 12.8 Å². The van der Waals surface area contributed by atoms with Crippen LogP contribution in [0.3, 0.4) is 0 Å². The topological polar surface area (TPSA) is 44.5 Å². The van der Waals surface area contributed by atoms with Crippen LogP contribution < -0.4 is 5.73 Å². The van der Waals surface area contributed by atoms with E-state index in [2.05, 4.69) is 13.8 Å². The van der Waals surface area contributed by atoms with Crippen LogP contribution in [-0.4, -0.2) is 33.0 Å². The molecule has 80 valence electrons. The first kappa shape index (κ1) is 12.9. The molecule has 0 saturated heterocycles. The van der Waals surface area contributed by atoms with Crippen LogP contribution in [0, 0.1) is 5.92 Å². The fraction of sp³-hybridized carbons (Fsp3) is 1.00. The van der Waals surface area contributed by atoms with E-state index >= 15 is 0 Å². The van der Waals surface area contributed by atoms with E-state index in [1.807, 2.05) is 0 Å². The van der Waals surface area contributed by atoms with Crippen molar-refractivity contribution in [3.8, 4) is 0 Å². The summed E-state index contributed by atoms with van der Waals surface area (Å²) >= 11 is 0. The molecule has 2 atom stereocenters. The molecule has 13 heavy (non-hydrogen) atoms. The minimum Gasteiger partial charge on any atom is -0.383 e. The molecule has 0 fully saturated rings. The Hall–Kier alpha value is -0.120. The van der Waals surface area contributed by atoms with Gasteiger partial charge in [0.1, 0.15) is 0 Å². The van der Waals surface area contributed by atoms with Crippen molar-refractivity contribution >= 4 is 0 Å². The van der Waals surface area contributed by atoms with Crippen LogP contribution in [0.4, 0.5) is 0 Å². The van der Waals surface area contributed by atoms with Crippen molar-refractivity contribution < 1.29 is 9.47 Å². The molecule has 3 heteroatoms. The molecule has 0 amide bonds. The lowest BCUT2D eigenvalue weighted by Gasteiger charge is -2.14. The van der Waals surface area contributed by atoms with Crippen LogP contribution in [0.15, 0.2) is 0 Å². The Morgan fingerprint density at radius 2 is 1.92 bits per heavy atom. The molecule has 0 aliphatic heterocycles. The van der Waals surface area contributed by atoms with Gasteiger partial charge in [0.05, 0.1) is 19.3 Å². The highest BCUT2D eigenvalue weighted by atomic mass is 16.5. The minimum atomic E-state index is 0.0128. The van der Waals surface area contributed by atoms with Crippen molar-refractivity contribution in [3.63, 3.8) is 0 Å². The van der Waals surface area contributed by atoms with Crippen LogP contribution >= 0.6 is 0 Å². The first-order valence-electron chi connectivity index (χ1n) is 5.03. The lowest BCUT2D eigenvalue weighted by molar-refractivity contribution is 0.0672. The molecule has 0 heterocycles. The van der Waals surface area contributed by atoms with Crippen LogP contribution in [0.1, 0.15) is 26.7 Å². The van der Waals surface area contributed by atoms with Crippen molar-refractivity contribution in [2.24, 2.45) is 11.7 Å². The lowest BCUT2D eigenvalue weighted by Crippen LogP contribution is -2.31. The molecule has 2 N–H and O–H groups in total. The highest BCUT2D eigenvalue weighted by molar-refractivity contribution is 4.58. The van der Waals surface area contributed by atoms with Gasteiger partial charge in [-0.1, -0.05) is 20.3 Å². The number of rotatable bonds is 8. The normalized spacial score (nSPS) is 15.7. The van der Waals surface area contributed by atoms with Gasteiger partial charge in [0.2, 0.25) is 0 Å². The van der Waals surface area contributed by atoms with Gasteiger partial charge in [-0.05, 0) is 12.3 Å². The van der Waals surface area contributed by atoms with Crippen molar-refractivity contribution in [2.45, 2.75) is 32.7 Å². The van der Waals surface area contributed by atoms with Gasteiger partial charge in [0, 0.05) is 13.7 Å². The average molecular weight is 189 g/mol. The zero-order valence-electron chi connectivity index (χ0n) is 9.08. The number of hydrogen-bond acceptors (Lipinski definition) is 3. The molecule has 2 unspecified atom stereocenters. The zero-order chi connectivity index (χ0) is 10.1. The van der Waals surface area contributed by atoms with Crippen LogP contribution in [0.25, 0.3) is 0 Å². The van der Waals surface area contributed by atoms with Gasteiger partial charge in [-0.25, -0.2) is 0 Å². The minimum absolute atomic E-state index is 0.0128. The molecule has 0 rings (SSSR count). The summed E-state index contributed by atoms with van der Waals surface area (Å²) in [6.07, 6.45) is 2.44. The summed E-state index contributed by atoms with van der Waals surface area (Å²) in [6.45, 7) is 6.37. The van der Waals surface area contributed by atoms with Gasteiger partial charge in [-0.15, -0.1) is 0 Å². The molecule has 0 saturated carbocycles. The monoisotopic (exact) mass is 189 g/mol. The quantitative estimate of drug-likeness (QED) is 0.628. The summed E-state index contributed by atoms with van der Waals surface area (Å²) < 4.78 is 10.4. The van der Waals surface area contributed by atoms with E-state index in [-0.39, 0.29) is 6.04 Å². The maximum atomic E-state index is 5.69. The second-order valence-electron chi connectivity index (χ2n) is 3.65. The van der Waals surface area contributed by atoms with E-state index < -0.39 is 0 Å². The Balaban J connectivity index is 3.23. The van der Waals surface area contributed by atoms with E-state index in [0.717, 1.165) is 6.61 Å². The summed E-state index contributed by atoms with van der Waals surface area (Å²) in [5.74, 6) is 0.639. The first-order chi connectivity index (χ1) is 6.20. The number of nitrogens with two attached hydrogens (primary N) is 1. The molecule has 0 bridgehead atoms. The van der Waals surface area contributed by atoms with Crippen LogP contribution in [-0.2, 0) is 9.47 Å². The fourth-order valence-corrected chi connectivity index (χ4v) is 1.26. The number of hydrogen-bond donors (Lipinski definition) is 1. The van der Waals surface area contributed by atoms with Crippen molar-refractivity contribution in [1.29, 1.82) is 0 Å². The number of ether oxygens (including phenoxy) is 2. The van der Waals surface area contributed by atoms with Crippen molar-refractivity contribution in [3.05, 3.63) is 0 Å². The SMILES string of the molecule is CCCC(C)COCC(N)COC. The average Bonchev–Trinajstić information content (AvgIpc) is 2.05. The van der Waals surface area contributed by atoms with Gasteiger partial charge >= 0.3 is 0 Å². The highest BCUT2D eigenvalue weighted by Crippen LogP contribution is 2.04. The maximum Gasteiger partial charge on any atom is 0.0640 e. The second-order valence-corrected chi connectivity index (χ2v) is 3.65. The van der Waals surface area contributed by atoms with Gasteiger partial charge in [-0.3, -0.25) is 0 Å². The molecule has 0 aromatic rings. The molecule has 0 aromatic carbocycles. The summed E-state index contributed by atoms with van der Waals surface area (Å²) in [5.41, 5.74) is 5.69. The molecule has 0 aliphatic rings. The predicted octanol–water partition coefficient (Wildman–Crippen LogP) is 1.41. The molecule has 0 aliphatic carbocycles. The second kappa shape index (κ2) is 8.48. The van der Waals surface area contributed by atoms with Gasteiger partial charge in [0.15, 0.2) is 0 Å². The smallest absolute Gasteiger partial charge is 0.0640 e. The molecule has 0 radical (unpaired) electrons. The van der Waals surface area contributed by atoms with Gasteiger partial charge in [0.25, 0.3) is 0 Å². The Morgan fingerprint density at radius 3 is 2.46 bits per heavy atom. The molecule has 0 spiro atoms. The Morgan fingerprint density at radius 1 is 1.23 bits per heavy atom. The first-order valence-corrected chi connectivity index (χ1v) is 5.03. The van der Waals surface area contributed by atoms with Crippen molar-refractivity contribution in [1.82, 2.24) is 0 Å². The number of methoxy groups -OCH3 is 1. The maximum absolute atomic E-state index is 5.69. The standard InChI is InChI=1S/C10H23NO2/c1-4-5-9(2)6-13-8-10(11)7-12-3/h9-10H,4-8,11H2,1-3H3. The van der Waals surface area contributed by atoms with Crippen molar-refractivity contribution in [2.75, 3.05) is 26.9 Å². The molecular weight excluding hydrogens is 166 g/mol. The lowest BCUT2D eigenvalue weighted by atomic mass is 10.1. The van der Waals surface area contributed by atoms with Crippen LogP contribution in [0.2, 0.25) is 0 Å². The zero-order valence-corrected chi connectivity index (χ0v) is 9.08. The van der Waals surface area contributed by atoms with E-state index in [9.17, 15) is 0 Å². The Bertz CT molecular complexity index is 97.1. The third kappa shape index (κ3) is 8.22. The molecule has 3 nitrogen and oxygen atoms in total. The fourth-order valence-electron chi connectivity index (χ4n) is 1.26. The van der Waals surface area contributed by atoms with Crippen LogP contribution in [0.5, 0.6) is 0 Å². The summed E-state index contributed by atoms with van der Waals surface area (Å²) in [4.78, 5) is 0. The third-order valence-corrected chi connectivity index (χ3v) is 1.90. The predicted molar refractivity (Wildman–Crippen MR) is 54.7 cm³/mol. The van der Waals surface area contributed by atoms with E-state index in [4.69, 9.17) is 15.2 Å². The Labute approximate surface area is 81.6 Å².